The van der Waals surface area contributed by atoms with Crippen LogP contribution in [0.25, 0.3) is 0 Å². The van der Waals surface area contributed by atoms with E-state index in [9.17, 15) is 4.79 Å². The highest BCUT2D eigenvalue weighted by atomic mass is 16.5. The first kappa shape index (κ1) is 16.0. The van der Waals surface area contributed by atoms with E-state index in [-0.39, 0.29) is 24.5 Å². The lowest BCUT2D eigenvalue weighted by atomic mass is 10.0. The maximum Gasteiger partial charge on any atom is 0.322 e. The van der Waals surface area contributed by atoms with E-state index < -0.39 is 6.10 Å². The molecule has 8 heteroatoms. The molecule has 0 aliphatic carbocycles. The molecule has 8 nitrogen and oxygen atoms in total. The van der Waals surface area contributed by atoms with Gasteiger partial charge in [-0.1, -0.05) is 18.2 Å². The van der Waals surface area contributed by atoms with Gasteiger partial charge in [-0.2, -0.15) is 9.97 Å². The maximum absolute atomic E-state index is 12.3. The fraction of sp³-hybridized carbons (Fsp3) is 0.375. The van der Waals surface area contributed by atoms with E-state index in [0.717, 1.165) is 17.7 Å². The first-order valence-corrected chi connectivity index (χ1v) is 7.55. The van der Waals surface area contributed by atoms with Gasteiger partial charge < -0.3 is 19.5 Å². The Balaban J connectivity index is 1.62. The Kier molecular flexibility index (Phi) is 4.74. The van der Waals surface area contributed by atoms with Crippen LogP contribution in [-0.4, -0.2) is 41.2 Å². The summed E-state index contributed by atoms with van der Waals surface area (Å²) in [7, 11) is 2.90. The number of fused-ring (bicyclic) bond motifs is 1. The van der Waals surface area contributed by atoms with Crippen molar-refractivity contribution in [3.8, 4) is 17.8 Å². The molecule has 0 spiro atoms. The van der Waals surface area contributed by atoms with Gasteiger partial charge in [0.25, 0.3) is 5.91 Å². The second-order valence-electron chi connectivity index (χ2n) is 5.20. The summed E-state index contributed by atoms with van der Waals surface area (Å²) in [5.74, 6) is 0.901. The number of carbonyl (C=O) groups excluding carboxylic acids is 1. The molecular weight excluding hydrogens is 312 g/mol. The molecule has 1 amide bonds. The molecule has 0 bridgehead atoms. The van der Waals surface area contributed by atoms with Gasteiger partial charge in [-0.25, -0.2) is 0 Å². The minimum atomic E-state index is -0.523. The number of rotatable bonds is 5. The largest absolute Gasteiger partial charge is 0.480 e. The molecule has 3 rings (SSSR count). The van der Waals surface area contributed by atoms with E-state index in [1.807, 2.05) is 24.3 Å². The average molecular weight is 330 g/mol. The standard InChI is InChI=1S/C16H18N4O4/c1-22-15-18-13(19-16(20-15)23-2)9-17-14(21)12-8-7-10-5-3-4-6-11(10)24-12/h3-6,12H,7-9H2,1-2H3,(H,17,21)/t12-/m1/s1. The molecule has 1 aliphatic rings. The molecule has 2 heterocycles. The summed E-state index contributed by atoms with van der Waals surface area (Å²) >= 11 is 0. The van der Waals surface area contributed by atoms with Crippen molar-refractivity contribution in [2.75, 3.05) is 14.2 Å². The summed E-state index contributed by atoms with van der Waals surface area (Å²) in [5, 5.41) is 2.77. The highest BCUT2D eigenvalue weighted by Crippen LogP contribution is 2.27. The van der Waals surface area contributed by atoms with Crippen molar-refractivity contribution in [1.29, 1.82) is 0 Å². The molecule has 2 aromatic rings. The molecule has 1 N–H and O–H groups in total. The smallest absolute Gasteiger partial charge is 0.322 e. The summed E-state index contributed by atoms with van der Waals surface area (Å²) in [6.07, 6.45) is 0.916. The monoisotopic (exact) mass is 330 g/mol. The van der Waals surface area contributed by atoms with Gasteiger partial charge in [0.15, 0.2) is 11.9 Å². The Morgan fingerprint density at radius 3 is 2.62 bits per heavy atom. The maximum atomic E-state index is 12.3. The summed E-state index contributed by atoms with van der Waals surface area (Å²) in [4.78, 5) is 24.4. The molecular formula is C16H18N4O4. The number of nitrogens with one attached hydrogen (secondary N) is 1. The number of hydrogen-bond acceptors (Lipinski definition) is 7. The quantitative estimate of drug-likeness (QED) is 0.870. The molecule has 1 aromatic heterocycles. The number of aromatic nitrogens is 3. The normalized spacial score (nSPS) is 15.8. The highest BCUT2D eigenvalue weighted by molar-refractivity contribution is 5.81. The first-order valence-electron chi connectivity index (χ1n) is 7.55. The summed E-state index contributed by atoms with van der Waals surface area (Å²) in [6.45, 7) is 0.135. The van der Waals surface area contributed by atoms with Crippen LogP contribution in [-0.2, 0) is 17.8 Å². The van der Waals surface area contributed by atoms with Crippen LogP contribution in [0.3, 0.4) is 0 Å². The van der Waals surface area contributed by atoms with Crippen LogP contribution in [0.15, 0.2) is 24.3 Å². The lowest BCUT2D eigenvalue weighted by Crippen LogP contribution is -2.40. The number of para-hydroxylation sites is 1. The molecule has 1 aliphatic heterocycles. The number of amides is 1. The third-order valence-corrected chi connectivity index (χ3v) is 3.64. The minimum Gasteiger partial charge on any atom is -0.480 e. The lowest BCUT2D eigenvalue weighted by molar-refractivity contribution is -0.128. The summed E-state index contributed by atoms with van der Waals surface area (Å²) < 4.78 is 15.7. The van der Waals surface area contributed by atoms with Crippen molar-refractivity contribution in [2.45, 2.75) is 25.5 Å². The Morgan fingerprint density at radius 1 is 1.21 bits per heavy atom. The number of benzene rings is 1. The fourth-order valence-corrected chi connectivity index (χ4v) is 2.43. The zero-order valence-electron chi connectivity index (χ0n) is 13.5. The van der Waals surface area contributed by atoms with E-state index in [1.165, 1.54) is 14.2 Å². The van der Waals surface area contributed by atoms with Crippen LogP contribution < -0.4 is 19.5 Å². The van der Waals surface area contributed by atoms with E-state index in [1.54, 1.807) is 0 Å². The fourth-order valence-electron chi connectivity index (χ4n) is 2.43. The lowest BCUT2D eigenvalue weighted by Gasteiger charge is -2.25. The van der Waals surface area contributed by atoms with Gasteiger partial charge in [-0.3, -0.25) is 4.79 Å². The number of nitrogens with zero attached hydrogens (tertiary/aromatic N) is 3. The zero-order valence-corrected chi connectivity index (χ0v) is 13.5. The molecule has 24 heavy (non-hydrogen) atoms. The minimum absolute atomic E-state index is 0.133. The van der Waals surface area contributed by atoms with Gasteiger partial charge >= 0.3 is 12.0 Å². The number of aryl methyl sites for hydroxylation is 1. The summed E-state index contributed by atoms with van der Waals surface area (Å²) in [6, 6.07) is 8.00. The molecule has 0 unspecified atom stereocenters. The van der Waals surface area contributed by atoms with Crippen LogP contribution in [0.4, 0.5) is 0 Å². The van der Waals surface area contributed by atoms with Crippen LogP contribution in [0.2, 0.25) is 0 Å². The second-order valence-corrected chi connectivity index (χ2v) is 5.20. The highest BCUT2D eigenvalue weighted by Gasteiger charge is 2.25. The van der Waals surface area contributed by atoms with Crippen molar-refractivity contribution < 1.29 is 19.0 Å². The predicted octanol–water partition coefficient (Wildman–Crippen LogP) is 0.899. The molecule has 0 saturated carbocycles. The number of carbonyl (C=O) groups is 1. The van der Waals surface area contributed by atoms with Crippen molar-refractivity contribution in [1.82, 2.24) is 20.3 Å². The average Bonchev–Trinajstić information content (AvgIpc) is 2.65. The van der Waals surface area contributed by atoms with Gasteiger partial charge in [0.2, 0.25) is 0 Å². The van der Waals surface area contributed by atoms with Crippen molar-refractivity contribution in [3.05, 3.63) is 35.7 Å². The first-order chi connectivity index (χ1) is 11.7. The summed E-state index contributed by atoms with van der Waals surface area (Å²) in [5.41, 5.74) is 1.12. The predicted molar refractivity (Wildman–Crippen MR) is 84.0 cm³/mol. The van der Waals surface area contributed by atoms with Gasteiger partial charge in [-0.15, -0.1) is 4.98 Å². The van der Waals surface area contributed by atoms with E-state index in [2.05, 4.69) is 20.3 Å². The Hall–Kier alpha value is -2.90. The van der Waals surface area contributed by atoms with Crippen LogP contribution >= 0.6 is 0 Å². The second kappa shape index (κ2) is 7.12. The molecule has 0 saturated heterocycles. The zero-order chi connectivity index (χ0) is 16.9. The van der Waals surface area contributed by atoms with Crippen LogP contribution in [0, 0.1) is 0 Å². The van der Waals surface area contributed by atoms with Crippen molar-refractivity contribution in [3.63, 3.8) is 0 Å². The van der Waals surface area contributed by atoms with E-state index >= 15 is 0 Å². The van der Waals surface area contributed by atoms with E-state index in [0.29, 0.717) is 12.2 Å². The number of hydrogen-bond donors (Lipinski definition) is 1. The Morgan fingerprint density at radius 2 is 1.92 bits per heavy atom. The van der Waals surface area contributed by atoms with Crippen molar-refractivity contribution >= 4 is 5.91 Å². The Labute approximate surface area is 139 Å². The van der Waals surface area contributed by atoms with E-state index in [4.69, 9.17) is 14.2 Å². The van der Waals surface area contributed by atoms with Gasteiger partial charge in [0.1, 0.15) is 5.75 Å². The molecule has 1 atom stereocenters. The molecule has 0 radical (unpaired) electrons. The Bertz CT molecular complexity index is 716. The molecule has 0 fully saturated rings. The molecule has 126 valence electrons. The van der Waals surface area contributed by atoms with Crippen LogP contribution in [0.5, 0.6) is 17.8 Å². The number of methoxy groups -OCH3 is 2. The van der Waals surface area contributed by atoms with Gasteiger partial charge in [-0.05, 0) is 24.5 Å². The van der Waals surface area contributed by atoms with Crippen LogP contribution in [0.1, 0.15) is 17.8 Å². The van der Waals surface area contributed by atoms with Gasteiger partial charge in [0, 0.05) is 0 Å². The third-order valence-electron chi connectivity index (χ3n) is 3.64. The number of ether oxygens (including phenoxy) is 3. The van der Waals surface area contributed by atoms with Gasteiger partial charge in [0.05, 0.1) is 20.8 Å². The van der Waals surface area contributed by atoms with Crippen molar-refractivity contribution in [2.24, 2.45) is 0 Å². The molecule has 1 aromatic carbocycles. The topological polar surface area (TPSA) is 95.5 Å². The third kappa shape index (κ3) is 3.53. The SMILES string of the molecule is COc1nc(CNC(=O)[C@H]2CCc3ccccc3O2)nc(OC)n1.